The lowest BCUT2D eigenvalue weighted by Crippen LogP contribution is -2.48. The summed E-state index contributed by atoms with van der Waals surface area (Å²) in [5.41, 5.74) is 1.58. The average Bonchev–Trinajstić information content (AvgIpc) is 3.24. The van der Waals surface area contributed by atoms with Crippen LogP contribution in [0.5, 0.6) is 5.75 Å². The highest BCUT2D eigenvalue weighted by Crippen LogP contribution is 2.43. The summed E-state index contributed by atoms with van der Waals surface area (Å²) < 4.78 is 1.93. The molecule has 5 rings (SSSR count). The van der Waals surface area contributed by atoms with Gasteiger partial charge in [-0.25, -0.2) is 0 Å². The van der Waals surface area contributed by atoms with Crippen molar-refractivity contribution in [1.29, 1.82) is 0 Å². The number of anilines is 1. The predicted octanol–water partition coefficient (Wildman–Crippen LogP) is 4.76. The topological polar surface area (TPSA) is 71.2 Å². The van der Waals surface area contributed by atoms with E-state index in [-0.39, 0.29) is 28.7 Å². The van der Waals surface area contributed by atoms with Crippen LogP contribution in [0.25, 0.3) is 11.4 Å². The summed E-state index contributed by atoms with van der Waals surface area (Å²) in [5, 5.41) is 19.7. The fourth-order valence-electron chi connectivity index (χ4n) is 4.02. The van der Waals surface area contributed by atoms with E-state index in [2.05, 4.69) is 28.4 Å². The highest BCUT2D eigenvalue weighted by atomic mass is 32.2. The molecule has 2 atom stereocenters. The number of hydrogen-bond donors (Lipinski definition) is 1. The Bertz CT molecular complexity index is 1220. The number of carbonyl (C=O) groups excluding carboxylic acids is 1. The number of para-hydroxylation sites is 2. The number of phenolic OH excluding ortho intramolecular Hbond substituents is 1. The molecule has 1 aromatic heterocycles. The molecule has 6 nitrogen and oxygen atoms in total. The summed E-state index contributed by atoms with van der Waals surface area (Å²) in [6.07, 6.45) is 8.31. The van der Waals surface area contributed by atoms with E-state index in [0.717, 1.165) is 10.6 Å². The molecule has 1 amide bonds. The van der Waals surface area contributed by atoms with Crippen LogP contribution in [0, 0.1) is 0 Å². The monoisotopic (exact) mass is 462 g/mol. The van der Waals surface area contributed by atoms with Gasteiger partial charge in [0, 0.05) is 11.4 Å². The number of aromatic nitrogens is 3. The Hall–Kier alpha value is -2.97. The van der Waals surface area contributed by atoms with Gasteiger partial charge in [-0.15, -0.1) is 22.0 Å². The standard InChI is InChI=1S/C24H22N4O2S2/c1-2-27-23(16-9-3-6-12-19(16)29)25-26-24(27)31-15-22(30)28-17-10-4-7-13-20(17)32-21-14-8-5-11-18(21)28/h3-14,17,20,29H,2,15H2,1H3/t17-,20-/m0/s1. The predicted molar refractivity (Wildman–Crippen MR) is 129 cm³/mol. The van der Waals surface area contributed by atoms with Crippen molar-refractivity contribution in [2.45, 2.75) is 34.8 Å². The van der Waals surface area contributed by atoms with Gasteiger partial charge in [0.15, 0.2) is 11.0 Å². The van der Waals surface area contributed by atoms with Crippen molar-refractivity contribution in [3.63, 3.8) is 0 Å². The van der Waals surface area contributed by atoms with Gasteiger partial charge in [-0.2, -0.15) is 0 Å². The van der Waals surface area contributed by atoms with E-state index >= 15 is 0 Å². The lowest BCUT2D eigenvalue weighted by molar-refractivity contribution is -0.116. The lowest BCUT2D eigenvalue weighted by Gasteiger charge is -2.40. The van der Waals surface area contributed by atoms with E-state index in [1.165, 1.54) is 11.8 Å². The number of hydrogen-bond acceptors (Lipinski definition) is 6. The maximum atomic E-state index is 13.5. The second-order valence-corrected chi connectivity index (χ2v) is 9.59. The van der Waals surface area contributed by atoms with Crippen LogP contribution in [-0.2, 0) is 11.3 Å². The molecular formula is C24H22N4O2S2. The first-order valence-electron chi connectivity index (χ1n) is 10.4. The molecule has 162 valence electrons. The maximum absolute atomic E-state index is 13.5. The summed E-state index contributed by atoms with van der Waals surface area (Å²) in [5.74, 6) is 1.04. The molecule has 32 heavy (non-hydrogen) atoms. The van der Waals surface area contributed by atoms with Crippen LogP contribution in [0.4, 0.5) is 5.69 Å². The van der Waals surface area contributed by atoms with Crippen LogP contribution in [0.15, 0.2) is 82.9 Å². The zero-order valence-electron chi connectivity index (χ0n) is 17.5. The molecule has 2 aromatic carbocycles. The summed E-state index contributed by atoms with van der Waals surface area (Å²) in [6, 6.07) is 15.1. The highest BCUT2D eigenvalue weighted by molar-refractivity contribution is 8.00. The van der Waals surface area contributed by atoms with Crippen molar-refractivity contribution in [3.05, 3.63) is 72.8 Å². The van der Waals surface area contributed by atoms with E-state index in [9.17, 15) is 9.90 Å². The van der Waals surface area contributed by atoms with Gasteiger partial charge < -0.3 is 14.6 Å². The molecule has 0 radical (unpaired) electrons. The van der Waals surface area contributed by atoms with Gasteiger partial charge in [-0.05, 0) is 31.2 Å². The van der Waals surface area contributed by atoms with E-state index in [1.807, 2.05) is 58.9 Å². The van der Waals surface area contributed by atoms with Crippen LogP contribution in [-0.4, -0.2) is 42.8 Å². The van der Waals surface area contributed by atoms with Crippen LogP contribution in [0.1, 0.15) is 6.92 Å². The molecule has 8 heteroatoms. The number of fused-ring (bicyclic) bond motifs is 2. The van der Waals surface area contributed by atoms with Crippen LogP contribution < -0.4 is 4.90 Å². The molecule has 0 unspecified atom stereocenters. The number of benzene rings is 2. The van der Waals surface area contributed by atoms with Crippen molar-refractivity contribution in [3.8, 4) is 17.1 Å². The van der Waals surface area contributed by atoms with Crippen molar-refractivity contribution in [1.82, 2.24) is 14.8 Å². The smallest absolute Gasteiger partial charge is 0.238 e. The van der Waals surface area contributed by atoms with Crippen molar-refractivity contribution in [2.75, 3.05) is 10.7 Å². The van der Waals surface area contributed by atoms with E-state index < -0.39 is 0 Å². The van der Waals surface area contributed by atoms with Crippen LogP contribution >= 0.6 is 23.5 Å². The SMILES string of the molecule is CCn1c(SCC(=O)N2c3ccccc3S[C@H]3C=CC=C[C@@H]32)nnc1-c1ccccc1O. The largest absolute Gasteiger partial charge is 0.507 e. The molecule has 0 saturated carbocycles. The Morgan fingerprint density at radius 3 is 2.72 bits per heavy atom. The number of allylic oxidation sites excluding steroid dienone is 2. The quantitative estimate of drug-likeness (QED) is 0.551. The number of nitrogens with zero attached hydrogens (tertiary/aromatic N) is 4. The minimum atomic E-state index is -0.00567. The summed E-state index contributed by atoms with van der Waals surface area (Å²) in [6.45, 7) is 2.63. The number of aromatic hydroxyl groups is 1. The minimum Gasteiger partial charge on any atom is -0.507 e. The molecule has 1 aliphatic heterocycles. The number of carbonyl (C=O) groups is 1. The van der Waals surface area contributed by atoms with Crippen molar-refractivity contribution in [2.24, 2.45) is 0 Å². The van der Waals surface area contributed by atoms with Gasteiger partial charge >= 0.3 is 0 Å². The number of rotatable bonds is 5. The highest BCUT2D eigenvalue weighted by Gasteiger charge is 2.36. The molecule has 3 aromatic rings. The first kappa shape index (κ1) is 20.9. The minimum absolute atomic E-state index is 0.00567. The zero-order valence-corrected chi connectivity index (χ0v) is 19.1. The summed E-state index contributed by atoms with van der Waals surface area (Å²) in [7, 11) is 0. The Morgan fingerprint density at radius 2 is 1.88 bits per heavy atom. The molecule has 0 bridgehead atoms. The molecule has 1 N–H and O–H groups in total. The van der Waals surface area contributed by atoms with Gasteiger partial charge in [0.1, 0.15) is 5.75 Å². The number of amides is 1. The van der Waals surface area contributed by atoms with Gasteiger partial charge in [-0.3, -0.25) is 4.79 Å². The van der Waals surface area contributed by atoms with Gasteiger partial charge in [0.2, 0.25) is 5.91 Å². The first-order chi connectivity index (χ1) is 15.7. The average molecular weight is 463 g/mol. The van der Waals surface area contributed by atoms with Crippen molar-refractivity contribution < 1.29 is 9.90 Å². The molecule has 2 aliphatic rings. The molecule has 0 fully saturated rings. The van der Waals surface area contributed by atoms with Gasteiger partial charge in [0.25, 0.3) is 0 Å². The third kappa shape index (κ3) is 3.73. The fraction of sp³-hybridized carbons (Fsp3) is 0.208. The number of thioether (sulfide) groups is 2. The molecule has 0 spiro atoms. The Balaban J connectivity index is 1.40. The van der Waals surface area contributed by atoms with E-state index in [0.29, 0.717) is 23.1 Å². The second kappa shape index (κ2) is 8.88. The van der Waals surface area contributed by atoms with Gasteiger partial charge in [0.05, 0.1) is 28.3 Å². The zero-order chi connectivity index (χ0) is 22.1. The normalized spacial score (nSPS) is 19.0. The molecule has 1 aliphatic carbocycles. The van der Waals surface area contributed by atoms with E-state index in [4.69, 9.17) is 0 Å². The van der Waals surface area contributed by atoms with E-state index in [1.54, 1.807) is 23.9 Å². The van der Waals surface area contributed by atoms with Gasteiger partial charge in [-0.1, -0.05) is 60.3 Å². The first-order valence-corrected chi connectivity index (χ1v) is 12.3. The fourth-order valence-corrected chi connectivity index (χ4v) is 6.14. The summed E-state index contributed by atoms with van der Waals surface area (Å²) in [4.78, 5) is 16.5. The lowest BCUT2D eigenvalue weighted by atomic mass is 10.0. The molecule has 0 saturated heterocycles. The Labute approximate surface area is 195 Å². The molecular weight excluding hydrogens is 440 g/mol. The maximum Gasteiger partial charge on any atom is 0.238 e. The number of phenols is 1. The van der Waals surface area contributed by atoms with Crippen LogP contribution in [0.3, 0.4) is 0 Å². The second-order valence-electron chi connectivity index (χ2n) is 7.43. The third-order valence-electron chi connectivity index (χ3n) is 5.51. The summed E-state index contributed by atoms with van der Waals surface area (Å²) >= 11 is 3.17. The Morgan fingerprint density at radius 1 is 1.09 bits per heavy atom. The Kier molecular flexibility index (Phi) is 5.80. The third-order valence-corrected chi connectivity index (χ3v) is 7.77. The van der Waals surface area contributed by atoms with Crippen molar-refractivity contribution >= 4 is 35.1 Å². The molecule has 2 heterocycles. The van der Waals surface area contributed by atoms with Crippen LogP contribution in [0.2, 0.25) is 0 Å².